The van der Waals surface area contributed by atoms with Crippen molar-refractivity contribution in [3.05, 3.63) is 28.8 Å². The SMILES string of the molecule is CC1(C(N)=O)CCN(c2c(Cl)cccc2CN)C1. The Labute approximate surface area is 112 Å². The van der Waals surface area contributed by atoms with Gasteiger partial charge in [-0.05, 0) is 25.0 Å². The lowest BCUT2D eigenvalue weighted by Gasteiger charge is -2.25. The molecular formula is C13H18ClN3O. The topological polar surface area (TPSA) is 72.4 Å². The molecule has 1 saturated heterocycles. The molecule has 0 saturated carbocycles. The molecule has 5 heteroatoms. The summed E-state index contributed by atoms with van der Waals surface area (Å²) in [7, 11) is 0. The second-order valence-electron chi connectivity index (χ2n) is 5.05. The van der Waals surface area contributed by atoms with Crippen molar-refractivity contribution < 1.29 is 4.79 Å². The summed E-state index contributed by atoms with van der Waals surface area (Å²) in [6, 6.07) is 5.69. The van der Waals surface area contributed by atoms with Gasteiger partial charge in [0.15, 0.2) is 0 Å². The van der Waals surface area contributed by atoms with Crippen LogP contribution in [0.3, 0.4) is 0 Å². The molecule has 4 N–H and O–H groups in total. The van der Waals surface area contributed by atoms with Crippen LogP contribution in [0.5, 0.6) is 0 Å². The second kappa shape index (κ2) is 4.78. The molecule has 0 aliphatic carbocycles. The van der Waals surface area contributed by atoms with E-state index in [0.717, 1.165) is 24.2 Å². The van der Waals surface area contributed by atoms with Crippen molar-refractivity contribution in [1.82, 2.24) is 0 Å². The number of carbonyl (C=O) groups is 1. The number of hydrogen-bond acceptors (Lipinski definition) is 3. The van der Waals surface area contributed by atoms with Crippen molar-refractivity contribution >= 4 is 23.2 Å². The summed E-state index contributed by atoms with van der Waals surface area (Å²) in [5.74, 6) is -0.258. The van der Waals surface area contributed by atoms with Gasteiger partial charge in [-0.25, -0.2) is 0 Å². The summed E-state index contributed by atoms with van der Waals surface area (Å²) in [6.45, 7) is 3.70. The average molecular weight is 268 g/mol. The maximum atomic E-state index is 11.5. The van der Waals surface area contributed by atoms with Gasteiger partial charge < -0.3 is 16.4 Å². The minimum Gasteiger partial charge on any atom is -0.369 e. The lowest BCUT2D eigenvalue weighted by Crippen LogP contribution is -2.37. The number of anilines is 1. The van der Waals surface area contributed by atoms with E-state index in [-0.39, 0.29) is 5.91 Å². The summed E-state index contributed by atoms with van der Waals surface area (Å²) in [5, 5.41) is 0.673. The van der Waals surface area contributed by atoms with Gasteiger partial charge >= 0.3 is 0 Å². The van der Waals surface area contributed by atoms with Crippen LogP contribution in [-0.4, -0.2) is 19.0 Å². The van der Waals surface area contributed by atoms with Crippen LogP contribution in [0, 0.1) is 5.41 Å². The number of hydrogen-bond donors (Lipinski definition) is 2. The number of benzene rings is 1. The average Bonchev–Trinajstić information content (AvgIpc) is 2.72. The Bertz CT molecular complexity index is 477. The lowest BCUT2D eigenvalue weighted by atomic mass is 9.89. The molecule has 1 unspecified atom stereocenters. The molecule has 0 spiro atoms. The largest absolute Gasteiger partial charge is 0.369 e. The molecule has 18 heavy (non-hydrogen) atoms. The first-order valence-electron chi connectivity index (χ1n) is 6.00. The Morgan fingerprint density at radius 2 is 2.28 bits per heavy atom. The number of halogens is 1. The highest BCUT2D eigenvalue weighted by Gasteiger charge is 2.39. The van der Waals surface area contributed by atoms with E-state index in [1.165, 1.54) is 0 Å². The summed E-state index contributed by atoms with van der Waals surface area (Å²) < 4.78 is 0. The van der Waals surface area contributed by atoms with Crippen LogP contribution < -0.4 is 16.4 Å². The molecule has 1 aromatic rings. The smallest absolute Gasteiger partial charge is 0.225 e. The maximum Gasteiger partial charge on any atom is 0.225 e. The van der Waals surface area contributed by atoms with Gasteiger partial charge in [-0.3, -0.25) is 4.79 Å². The summed E-state index contributed by atoms with van der Waals surface area (Å²) in [5.41, 5.74) is 12.6. The molecule has 1 atom stereocenters. The Morgan fingerprint density at radius 3 is 2.83 bits per heavy atom. The molecule has 0 bridgehead atoms. The second-order valence-corrected chi connectivity index (χ2v) is 5.46. The van der Waals surface area contributed by atoms with Crippen LogP contribution in [0.15, 0.2) is 18.2 Å². The number of nitrogens with two attached hydrogens (primary N) is 2. The fourth-order valence-electron chi connectivity index (χ4n) is 2.43. The Morgan fingerprint density at radius 1 is 1.56 bits per heavy atom. The molecule has 0 radical (unpaired) electrons. The van der Waals surface area contributed by atoms with Gasteiger partial charge in [0.25, 0.3) is 0 Å². The summed E-state index contributed by atoms with van der Waals surface area (Å²) in [4.78, 5) is 13.6. The van der Waals surface area contributed by atoms with Crippen LogP contribution in [0.1, 0.15) is 18.9 Å². The maximum absolute atomic E-state index is 11.5. The van der Waals surface area contributed by atoms with Crippen LogP contribution >= 0.6 is 11.6 Å². The van der Waals surface area contributed by atoms with Crippen LogP contribution in [-0.2, 0) is 11.3 Å². The lowest BCUT2D eigenvalue weighted by molar-refractivity contribution is -0.125. The van der Waals surface area contributed by atoms with Gasteiger partial charge in [-0.15, -0.1) is 0 Å². The number of amides is 1. The molecule has 4 nitrogen and oxygen atoms in total. The third kappa shape index (κ3) is 2.18. The number of rotatable bonds is 3. The number of primary amides is 1. The van der Waals surface area contributed by atoms with Crippen molar-refractivity contribution in [2.45, 2.75) is 19.9 Å². The normalized spacial score (nSPS) is 23.4. The summed E-state index contributed by atoms with van der Waals surface area (Å²) >= 11 is 6.25. The zero-order valence-corrected chi connectivity index (χ0v) is 11.2. The van der Waals surface area contributed by atoms with E-state index < -0.39 is 5.41 Å². The van der Waals surface area contributed by atoms with E-state index >= 15 is 0 Å². The van der Waals surface area contributed by atoms with E-state index in [2.05, 4.69) is 4.90 Å². The first-order valence-corrected chi connectivity index (χ1v) is 6.38. The third-order valence-corrected chi connectivity index (χ3v) is 3.98. The first-order chi connectivity index (χ1) is 8.48. The minimum atomic E-state index is -0.481. The Balaban J connectivity index is 2.32. The van der Waals surface area contributed by atoms with Gasteiger partial charge in [0.2, 0.25) is 5.91 Å². The van der Waals surface area contributed by atoms with Gasteiger partial charge in [0, 0.05) is 19.6 Å². The van der Waals surface area contributed by atoms with Crippen molar-refractivity contribution in [2.75, 3.05) is 18.0 Å². The van der Waals surface area contributed by atoms with Crippen molar-refractivity contribution in [1.29, 1.82) is 0 Å². The molecule has 0 aromatic heterocycles. The number of carbonyl (C=O) groups excluding carboxylic acids is 1. The molecule has 1 amide bonds. The molecule has 1 aliphatic heterocycles. The Kier molecular flexibility index (Phi) is 3.50. The van der Waals surface area contributed by atoms with Crippen molar-refractivity contribution in [2.24, 2.45) is 16.9 Å². The van der Waals surface area contributed by atoms with Crippen LogP contribution in [0.4, 0.5) is 5.69 Å². The number of nitrogens with zero attached hydrogens (tertiary/aromatic N) is 1. The molecular weight excluding hydrogens is 250 g/mol. The minimum absolute atomic E-state index is 0.258. The van der Waals surface area contributed by atoms with E-state index in [4.69, 9.17) is 23.1 Å². The van der Waals surface area contributed by atoms with Gasteiger partial charge in [0.05, 0.1) is 16.1 Å². The predicted octanol–water partition coefficient (Wildman–Crippen LogP) is 1.50. The van der Waals surface area contributed by atoms with Crippen molar-refractivity contribution in [3.63, 3.8) is 0 Å². The monoisotopic (exact) mass is 267 g/mol. The van der Waals surface area contributed by atoms with Gasteiger partial charge in [0.1, 0.15) is 0 Å². The third-order valence-electron chi connectivity index (χ3n) is 3.67. The van der Waals surface area contributed by atoms with Crippen molar-refractivity contribution in [3.8, 4) is 0 Å². The molecule has 1 fully saturated rings. The zero-order valence-electron chi connectivity index (χ0n) is 10.4. The Hall–Kier alpha value is -1.26. The zero-order chi connectivity index (χ0) is 13.3. The molecule has 1 heterocycles. The van der Waals surface area contributed by atoms with E-state index in [0.29, 0.717) is 18.1 Å². The van der Waals surface area contributed by atoms with E-state index in [1.54, 1.807) is 0 Å². The standard InChI is InChI=1S/C13H18ClN3O/c1-13(12(16)18)5-6-17(8-13)11-9(7-15)3-2-4-10(11)14/h2-4H,5-8,15H2,1H3,(H2,16,18). The van der Waals surface area contributed by atoms with Crippen LogP contribution in [0.25, 0.3) is 0 Å². The molecule has 98 valence electrons. The quantitative estimate of drug-likeness (QED) is 0.872. The molecule has 1 aliphatic rings. The highest BCUT2D eigenvalue weighted by molar-refractivity contribution is 6.33. The highest BCUT2D eigenvalue weighted by atomic mass is 35.5. The highest BCUT2D eigenvalue weighted by Crippen LogP contribution is 2.38. The molecule has 1 aromatic carbocycles. The number of para-hydroxylation sites is 1. The summed E-state index contributed by atoms with van der Waals surface area (Å²) in [6.07, 6.45) is 0.748. The molecule has 2 rings (SSSR count). The van der Waals surface area contributed by atoms with E-state index in [9.17, 15) is 4.79 Å². The first kappa shape index (κ1) is 13.2. The van der Waals surface area contributed by atoms with Gasteiger partial charge in [-0.1, -0.05) is 23.7 Å². The van der Waals surface area contributed by atoms with Gasteiger partial charge in [-0.2, -0.15) is 0 Å². The fourth-order valence-corrected chi connectivity index (χ4v) is 2.75. The van der Waals surface area contributed by atoms with Crippen LogP contribution in [0.2, 0.25) is 5.02 Å². The predicted molar refractivity (Wildman–Crippen MR) is 73.5 cm³/mol. The fraction of sp³-hybridized carbons (Fsp3) is 0.462. The van der Waals surface area contributed by atoms with E-state index in [1.807, 2.05) is 25.1 Å².